The Morgan fingerprint density at radius 1 is 1.00 bits per heavy atom. The van der Waals surface area contributed by atoms with Gasteiger partial charge in [-0.3, -0.25) is 14.5 Å². The Morgan fingerprint density at radius 2 is 1.69 bits per heavy atom. The predicted octanol–water partition coefficient (Wildman–Crippen LogP) is 5.38. The molecule has 1 fully saturated rings. The van der Waals surface area contributed by atoms with Crippen molar-refractivity contribution in [2.24, 2.45) is 5.92 Å². The number of unbranched alkanes of at least 4 members (excludes halogenated alkanes) is 2. The Morgan fingerprint density at radius 3 is 2.33 bits per heavy atom. The van der Waals surface area contributed by atoms with Crippen LogP contribution in [0.25, 0.3) is 0 Å². The second-order valence-corrected chi connectivity index (χ2v) is 10.6. The van der Waals surface area contributed by atoms with E-state index in [0.717, 1.165) is 67.8 Å². The molecule has 0 saturated carbocycles. The lowest BCUT2D eigenvalue weighted by molar-refractivity contribution is -0.150. The molecule has 7 nitrogen and oxygen atoms in total. The Labute approximate surface area is 233 Å². The predicted molar refractivity (Wildman–Crippen MR) is 152 cm³/mol. The average molecular weight is 537 g/mol. The molecule has 0 N–H and O–H groups in total. The summed E-state index contributed by atoms with van der Waals surface area (Å²) in [5, 5.41) is 0. The molecule has 7 heteroatoms. The monoisotopic (exact) mass is 536 g/mol. The van der Waals surface area contributed by atoms with Gasteiger partial charge < -0.3 is 19.1 Å². The van der Waals surface area contributed by atoms with Crippen LogP contribution < -0.4 is 9.47 Å². The standard InChI is InChI=1S/C32H44N2O5/c1-5-8-17-33(18-9-6-2)29(35)22-34-21-27(25-11-10-23-16-19-39-28(23)20-25)30(32(36)38-7-3)31(34)24-12-14-26(37-4)15-13-24/h10-15,20,27,30-31H,5-9,16-19,21-22H2,1-4H3/t27-,30-,31+/m1/s1. The Kier molecular flexibility index (Phi) is 10.3. The van der Waals surface area contributed by atoms with Crippen molar-refractivity contribution in [2.45, 2.75) is 64.8 Å². The maximum Gasteiger partial charge on any atom is 0.311 e. The second kappa shape index (κ2) is 13.8. The number of rotatable bonds is 13. The van der Waals surface area contributed by atoms with Gasteiger partial charge in [-0.05, 0) is 54.7 Å². The van der Waals surface area contributed by atoms with Crippen LogP contribution in [0, 0.1) is 5.92 Å². The fourth-order valence-electron chi connectivity index (χ4n) is 5.90. The van der Waals surface area contributed by atoms with Crippen molar-refractivity contribution in [3.05, 3.63) is 59.2 Å². The van der Waals surface area contributed by atoms with Gasteiger partial charge in [-0.2, -0.15) is 0 Å². The molecule has 2 aliphatic heterocycles. The van der Waals surface area contributed by atoms with Gasteiger partial charge in [0.25, 0.3) is 0 Å². The maximum atomic E-state index is 13.7. The lowest BCUT2D eigenvalue weighted by atomic mass is 9.82. The highest BCUT2D eigenvalue weighted by Crippen LogP contribution is 2.47. The molecule has 0 radical (unpaired) electrons. The van der Waals surface area contributed by atoms with Gasteiger partial charge in [0.1, 0.15) is 11.5 Å². The van der Waals surface area contributed by atoms with Gasteiger partial charge >= 0.3 is 5.97 Å². The van der Waals surface area contributed by atoms with Gasteiger partial charge in [0.2, 0.25) is 5.91 Å². The second-order valence-electron chi connectivity index (χ2n) is 10.6. The molecular weight excluding hydrogens is 492 g/mol. The van der Waals surface area contributed by atoms with Gasteiger partial charge in [0, 0.05) is 38.0 Å². The van der Waals surface area contributed by atoms with E-state index in [-0.39, 0.29) is 30.4 Å². The van der Waals surface area contributed by atoms with Crippen molar-refractivity contribution in [1.82, 2.24) is 9.80 Å². The fourth-order valence-corrected chi connectivity index (χ4v) is 5.90. The van der Waals surface area contributed by atoms with Crippen LogP contribution in [-0.2, 0) is 20.7 Å². The summed E-state index contributed by atoms with van der Waals surface area (Å²) in [5.74, 6) is 0.966. The van der Waals surface area contributed by atoms with E-state index in [1.165, 1.54) is 5.56 Å². The summed E-state index contributed by atoms with van der Waals surface area (Å²) in [7, 11) is 1.64. The summed E-state index contributed by atoms with van der Waals surface area (Å²) in [6.45, 7) is 9.52. The first kappa shape index (κ1) is 28.9. The molecular formula is C32H44N2O5. The van der Waals surface area contributed by atoms with E-state index in [9.17, 15) is 9.59 Å². The highest BCUT2D eigenvalue weighted by molar-refractivity contribution is 5.80. The van der Waals surface area contributed by atoms with Gasteiger partial charge in [-0.1, -0.05) is 51.0 Å². The summed E-state index contributed by atoms with van der Waals surface area (Å²) >= 11 is 0. The first-order valence-electron chi connectivity index (χ1n) is 14.6. The molecule has 0 unspecified atom stereocenters. The zero-order valence-electron chi connectivity index (χ0n) is 24.0. The average Bonchev–Trinajstić information content (AvgIpc) is 3.57. The van der Waals surface area contributed by atoms with E-state index >= 15 is 0 Å². The SMILES string of the molecule is CCCCN(CCCC)C(=O)CN1C[C@H](c2ccc3c(c2)OCC3)[C@@H](C(=O)OCC)[C@@H]1c1ccc(OC)cc1. The number of carbonyl (C=O) groups is 2. The van der Waals surface area contributed by atoms with Crippen LogP contribution in [0.1, 0.15) is 75.1 Å². The van der Waals surface area contributed by atoms with E-state index in [0.29, 0.717) is 19.8 Å². The van der Waals surface area contributed by atoms with Crippen molar-refractivity contribution in [2.75, 3.05) is 46.5 Å². The van der Waals surface area contributed by atoms with Gasteiger partial charge in [-0.15, -0.1) is 0 Å². The minimum atomic E-state index is -0.453. The third-order valence-electron chi connectivity index (χ3n) is 8.02. The minimum Gasteiger partial charge on any atom is -0.497 e. The van der Waals surface area contributed by atoms with Crippen molar-refractivity contribution in [1.29, 1.82) is 0 Å². The number of benzene rings is 2. The first-order chi connectivity index (χ1) is 19.0. The molecule has 1 amide bonds. The topological polar surface area (TPSA) is 68.3 Å². The molecule has 2 aliphatic rings. The molecule has 2 aromatic rings. The van der Waals surface area contributed by atoms with E-state index in [1.807, 2.05) is 36.1 Å². The van der Waals surface area contributed by atoms with Crippen LogP contribution in [0.4, 0.5) is 0 Å². The molecule has 4 rings (SSSR count). The lowest BCUT2D eigenvalue weighted by Gasteiger charge is -2.30. The molecule has 212 valence electrons. The number of ether oxygens (including phenoxy) is 3. The third kappa shape index (κ3) is 6.75. The van der Waals surface area contributed by atoms with Gasteiger partial charge in [0.05, 0.1) is 32.8 Å². The first-order valence-corrected chi connectivity index (χ1v) is 14.6. The summed E-state index contributed by atoms with van der Waals surface area (Å²) in [5.41, 5.74) is 3.23. The number of amides is 1. The summed E-state index contributed by atoms with van der Waals surface area (Å²) in [6, 6.07) is 13.9. The molecule has 3 atom stereocenters. The molecule has 0 bridgehead atoms. The highest BCUT2D eigenvalue weighted by atomic mass is 16.5. The van der Waals surface area contributed by atoms with E-state index in [2.05, 4.69) is 36.9 Å². The number of nitrogens with zero attached hydrogens (tertiary/aromatic N) is 2. The van der Waals surface area contributed by atoms with E-state index in [4.69, 9.17) is 14.2 Å². The van der Waals surface area contributed by atoms with Crippen LogP contribution in [0.15, 0.2) is 42.5 Å². The number of esters is 1. The van der Waals surface area contributed by atoms with Crippen molar-refractivity contribution in [3.8, 4) is 11.5 Å². The molecule has 39 heavy (non-hydrogen) atoms. The van der Waals surface area contributed by atoms with Gasteiger partial charge in [-0.25, -0.2) is 0 Å². The van der Waals surface area contributed by atoms with E-state index in [1.54, 1.807) is 7.11 Å². The largest absolute Gasteiger partial charge is 0.497 e. The molecule has 2 aromatic carbocycles. The molecule has 1 saturated heterocycles. The molecule has 0 aromatic heterocycles. The highest BCUT2D eigenvalue weighted by Gasteiger charge is 2.48. The molecule has 0 spiro atoms. The lowest BCUT2D eigenvalue weighted by Crippen LogP contribution is -2.42. The van der Waals surface area contributed by atoms with Crippen LogP contribution in [0.5, 0.6) is 11.5 Å². The zero-order chi connectivity index (χ0) is 27.8. The smallest absolute Gasteiger partial charge is 0.311 e. The number of hydrogen-bond acceptors (Lipinski definition) is 6. The van der Waals surface area contributed by atoms with Crippen LogP contribution in [0.3, 0.4) is 0 Å². The van der Waals surface area contributed by atoms with Crippen LogP contribution in [-0.4, -0.2) is 68.2 Å². The normalized spacial score (nSPS) is 20.4. The summed E-state index contributed by atoms with van der Waals surface area (Å²) in [4.78, 5) is 31.5. The Hall–Kier alpha value is -3.06. The molecule has 0 aliphatic carbocycles. The van der Waals surface area contributed by atoms with Crippen molar-refractivity contribution >= 4 is 11.9 Å². The molecule has 2 heterocycles. The maximum absolute atomic E-state index is 13.7. The van der Waals surface area contributed by atoms with E-state index < -0.39 is 5.92 Å². The number of carbonyl (C=O) groups excluding carboxylic acids is 2. The number of fused-ring (bicyclic) bond motifs is 1. The third-order valence-corrected chi connectivity index (χ3v) is 8.02. The van der Waals surface area contributed by atoms with Crippen LogP contribution in [0.2, 0.25) is 0 Å². The summed E-state index contributed by atoms with van der Waals surface area (Å²) in [6.07, 6.45) is 4.96. The van der Waals surface area contributed by atoms with Gasteiger partial charge in [0.15, 0.2) is 0 Å². The minimum absolute atomic E-state index is 0.121. The Balaban J connectivity index is 1.71. The van der Waals surface area contributed by atoms with Crippen molar-refractivity contribution in [3.63, 3.8) is 0 Å². The number of hydrogen-bond donors (Lipinski definition) is 0. The number of methoxy groups -OCH3 is 1. The fraction of sp³-hybridized carbons (Fsp3) is 0.562. The zero-order valence-corrected chi connectivity index (χ0v) is 24.0. The Bertz CT molecular complexity index is 1090. The summed E-state index contributed by atoms with van der Waals surface area (Å²) < 4.78 is 16.9. The van der Waals surface area contributed by atoms with Crippen molar-refractivity contribution < 1.29 is 23.8 Å². The number of likely N-dealkylation sites (tertiary alicyclic amines) is 1. The quantitative estimate of drug-likeness (QED) is 0.320. The van der Waals surface area contributed by atoms with Crippen LogP contribution >= 0.6 is 0 Å².